The van der Waals surface area contributed by atoms with Crippen molar-refractivity contribution in [2.24, 2.45) is 17.3 Å². The van der Waals surface area contributed by atoms with Gasteiger partial charge in [-0.25, -0.2) is 0 Å². The summed E-state index contributed by atoms with van der Waals surface area (Å²) < 4.78 is 0. The highest BCUT2D eigenvalue weighted by molar-refractivity contribution is 6.02. The fourth-order valence-corrected chi connectivity index (χ4v) is 6.64. The zero-order valence-electron chi connectivity index (χ0n) is 18.9. The molecule has 0 unspecified atom stereocenters. The van der Waals surface area contributed by atoms with Crippen molar-refractivity contribution < 1.29 is 9.59 Å². The number of para-hydroxylation sites is 2. The third-order valence-electron chi connectivity index (χ3n) is 8.36. The van der Waals surface area contributed by atoms with Crippen molar-refractivity contribution in [3.8, 4) is 0 Å². The molecule has 3 fully saturated rings. The second kappa shape index (κ2) is 7.37. The second-order valence-corrected chi connectivity index (χ2v) is 10.4. The number of aromatic amines is 1. The molecule has 3 saturated carbocycles. The number of aromatic nitrogens is 1. The van der Waals surface area contributed by atoms with Crippen molar-refractivity contribution in [2.75, 3.05) is 11.9 Å². The average molecular weight is 443 g/mol. The van der Waals surface area contributed by atoms with Crippen molar-refractivity contribution in [3.63, 3.8) is 0 Å². The smallest absolute Gasteiger partial charge is 0.255 e. The third kappa shape index (κ3) is 3.23. The minimum atomic E-state index is -0.459. The Bertz CT molecular complexity index is 1250. The number of carbonyl (C=O) groups excluding carboxylic acids is 2. The Balaban J connectivity index is 1.15. The number of fused-ring (bicyclic) bond motifs is 4. The Morgan fingerprint density at radius 2 is 1.94 bits per heavy atom. The molecule has 3 aliphatic carbocycles. The maximum atomic E-state index is 13.3. The largest absolute Gasteiger partial charge is 0.362 e. The number of carbonyl (C=O) groups is 2. The summed E-state index contributed by atoms with van der Waals surface area (Å²) in [5.74, 6) is 0.348. The van der Waals surface area contributed by atoms with Gasteiger partial charge in [0.25, 0.3) is 5.91 Å². The molecular formula is C27H30N4O2. The lowest BCUT2D eigenvalue weighted by atomic mass is 9.51. The van der Waals surface area contributed by atoms with E-state index in [4.69, 9.17) is 0 Å². The summed E-state index contributed by atoms with van der Waals surface area (Å²) in [6.45, 7) is 2.85. The molecule has 4 atom stereocenters. The quantitative estimate of drug-likeness (QED) is 0.488. The van der Waals surface area contributed by atoms with Gasteiger partial charge in [0.2, 0.25) is 5.91 Å². The maximum Gasteiger partial charge on any atom is 0.255 e. The van der Waals surface area contributed by atoms with Crippen LogP contribution in [0.3, 0.4) is 0 Å². The zero-order valence-corrected chi connectivity index (χ0v) is 18.9. The molecule has 1 aliphatic heterocycles. The first kappa shape index (κ1) is 20.3. The van der Waals surface area contributed by atoms with Crippen molar-refractivity contribution in [2.45, 2.75) is 44.7 Å². The summed E-state index contributed by atoms with van der Waals surface area (Å²) in [4.78, 5) is 29.5. The fourth-order valence-electron chi connectivity index (χ4n) is 6.64. The van der Waals surface area contributed by atoms with E-state index in [0.29, 0.717) is 12.1 Å². The number of hydrogen-bond donors (Lipinski definition) is 4. The molecule has 2 aromatic carbocycles. The Morgan fingerprint density at radius 3 is 2.82 bits per heavy atom. The zero-order chi connectivity index (χ0) is 22.6. The monoisotopic (exact) mass is 442 g/mol. The van der Waals surface area contributed by atoms with E-state index in [1.807, 2.05) is 42.6 Å². The fraction of sp³-hybridized carbons (Fsp3) is 0.407. The molecular weight excluding hydrogens is 412 g/mol. The third-order valence-corrected chi connectivity index (χ3v) is 8.36. The summed E-state index contributed by atoms with van der Waals surface area (Å²) in [7, 11) is 0. The predicted molar refractivity (Wildman–Crippen MR) is 129 cm³/mol. The topological polar surface area (TPSA) is 86.0 Å². The van der Waals surface area contributed by atoms with Crippen LogP contribution in [0, 0.1) is 17.3 Å². The molecule has 33 heavy (non-hydrogen) atoms. The van der Waals surface area contributed by atoms with Gasteiger partial charge in [-0.3, -0.25) is 9.59 Å². The van der Waals surface area contributed by atoms with Crippen LogP contribution in [0.5, 0.6) is 0 Å². The number of anilines is 1. The first-order chi connectivity index (χ1) is 16.0. The Labute approximate surface area is 193 Å². The van der Waals surface area contributed by atoms with E-state index in [-0.39, 0.29) is 29.1 Å². The van der Waals surface area contributed by atoms with Gasteiger partial charge in [-0.1, -0.05) is 37.3 Å². The van der Waals surface area contributed by atoms with Crippen molar-refractivity contribution in [1.82, 2.24) is 15.6 Å². The van der Waals surface area contributed by atoms with Crippen LogP contribution in [-0.4, -0.2) is 29.0 Å². The molecule has 7 rings (SSSR count). The lowest BCUT2D eigenvalue weighted by molar-refractivity contribution is -0.139. The summed E-state index contributed by atoms with van der Waals surface area (Å²) in [5.41, 5.74) is 3.35. The van der Waals surface area contributed by atoms with Crippen LogP contribution in [0.4, 0.5) is 5.69 Å². The Morgan fingerprint density at radius 1 is 1.12 bits per heavy atom. The first-order valence-corrected chi connectivity index (χ1v) is 12.0. The van der Waals surface area contributed by atoms with Gasteiger partial charge >= 0.3 is 0 Å². The average Bonchev–Trinajstić information content (AvgIpc) is 3.22. The van der Waals surface area contributed by atoms with Crippen molar-refractivity contribution in [3.05, 3.63) is 65.9 Å². The lowest BCUT2D eigenvalue weighted by Gasteiger charge is -2.60. The van der Waals surface area contributed by atoms with Crippen LogP contribution in [0.1, 0.15) is 48.5 Å². The highest BCUT2D eigenvalue weighted by Crippen LogP contribution is 2.58. The SMILES string of the molecule is C[C@]12CC[C@@H](C[C@@H]1C(=O)NCCc1c[nH]c3ccccc13)[C@]1(C2)NC(=O)c2ccccc2N1. The van der Waals surface area contributed by atoms with E-state index in [2.05, 4.69) is 40.0 Å². The van der Waals surface area contributed by atoms with Gasteiger partial charge in [0.15, 0.2) is 0 Å². The number of benzene rings is 2. The number of nitrogens with one attached hydrogen (secondary N) is 4. The van der Waals surface area contributed by atoms with E-state index in [0.717, 1.165) is 43.3 Å². The number of H-pyrrole nitrogens is 1. The van der Waals surface area contributed by atoms with Gasteiger partial charge in [-0.15, -0.1) is 0 Å². The van der Waals surface area contributed by atoms with Crippen LogP contribution in [-0.2, 0) is 11.2 Å². The standard InChI is InChI=1S/C27H30N4O2/c1-26-12-10-18(27(16-26)30-23-9-5-3-7-20(23)24(32)31-27)14-21(26)25(33)28-13-11-17-15-29-22-8-4-2-6-19(17)22/h2-9,15,18,21,29-30H,10-14,16H2,1H3,(H,28,33)(H,31,32)/t18-,21+,26+,27-/m0/s1. The van der Waals surface area contributed by atoms with Gasteiger partial charge in [-0.2, -0.15) is 0 Å². The van der Waals surface area contributed by atoms with E-state index in [1.165, 1.54) is 10.9 Å². The van der Waals surface area contributed by atoms with Gasteiger partial charge in [-0.05, 0) is 61.3 Å². The summed E-state index contributed by atoms with van der Waals surface area (Å²) in [5, 5.41) is 11.4. The van der Waals surface area contributed by atoms with Gasteiger partial charge in [0.1, 0.15) is 5.66 Å². The summed E-state index contributed by atoms with van der Waals surface area (Å²) in [6.07, 6.45) is 6.45. The normalized spacial score (nSPS) is 30.0. The van der Waals surface area contributed by atoms with Gasteiger partial charge in [0, 0.05) is 41.2 Å². The van der Waals surface area contributed by atoms with Crippen LogP contribution >= 0.6 is 0 Å². The minimum absolute atomic E-state index is 0.0137. The molecule has 0 radical (unpaired) electrons. The molecule has 0 saturated heterocycles. The van der Waals surface area contributed by atoms with E-state index < -0.39 is 5.66 Å². The molecule has 4 N–H and O–H groups in total. The van der Waals surface area contributed by atoms with Crippen LogP contribution in [0.2, 0.25) is 0 Å². The lowest BCUT2D eigenvalue weighted by Crippen LogP contribution is -2.70. The molecule has 2 heterocycles. The summed E-state index contributed by atoms with van der Waals surface area (Å²) in [6, 6.07) is 16.0. The molecule has 6 heteroatoms. The molecule has 170 valence electrons. The molecule has 6 nitrogen and oxygen atoms in total. The van der Waals surface area contributed by atoms with Crippen LogP contribution < -0.4 is 16.0 Å². The maximum absolute atomic E-state index is 13.3. The molecule has 2 bridgehead atoms. The number of rotatable bonds is 4. The highest BCUT2D eigenvalue weighted by Gasteiger charge is 2.60. The Kier molecular flexibility index (Phi) is 4.54. The molecule has 1 spiro atoms. The van der Waals surface area contributed by atoms with Gasteiger partial charge in [0.05, 0.1) is 5.56 Å². The number of hydrogen-bond acceptors (Lipinski definition) is 3. The molecule has 1 aromatic heterocycles. The number of amides is 2. The van der Waals surface area contributed by atoms with E-state index >= 15 is 0 Å². The summed E-state index contributed by atoms with van der Waals surface area (Å²) >= 11 is 0. The molecule has 4 aliphatic rings. The highest BCUT2D eigenvalue weighted by atomic mass is 16.2. The van der Waals surface area contributed by atoms with Crippen LogP contribution in [0.25, 0.3) is 10.9 Å². The molecule has 3 aromatic rings. The van der Waals surface area contributed by atoms with E-state index in [9.17, 15) is 9.59 Å². The first-order valence-electron chi connectivity index (χ1n) is 12.0. The van der Waals surface area contributed by atoms with E-state index in [1.54, 1.807) is 0 Å². The van der Waals surface area contributed by atoms with Crippen LogP contribution in [0.15, 0.2) is 54.7 Å². The predicted octanol–water partition coefficient (Wildman–Crippen LogP) is 4.20. The van der Waals surface area contributed by atoms with Gasteiger partial charge < -0.3 is 20.9 Å². The second-order valence-electron chi connectivity index (χ2n) is 10.4. The van der Waals surface area contributed by atoms with Crippen molar-refractivity contribution in [1.29, 1.82) is 0 Å². The Hall–Kier alpha value is -3.28. The molecule has 2 amide bonds. The van der Waals surface area contributed by atoms with Crippen molar-refractivity contribution >= 4 is 28.4 Å². The minimum Gasteiger partial charge on any atom is -0.362 e.